The Bertz CT molecular complexity index is 303. The number of nitrogens with one attached hydrogen (secondary N) is 1. The van der Waals surface area contributed by atoms with Crippen molar-refractivity contribution in [3.63, 3.8) is 0 Å². The zero-order valence-corrected chi connectivity index (χ0v) is 9.33. The molecule has 0 aliphatic carbocycles. The highest BCUT2D eigenvalue weighted by Gasteiger charge is 2.11. The van der Waals surface area contributed by atoms with Crippen molar-refractivity contribution in [3.8, 4) is 0 Å². The summed E-state index contributed by atoms with van der Waals surface area (Å²) in [4.78, 5) is 0. The van der Waals surface area contributed by atoms with Crippen LogP contribution in [0.15, 0.2) is 24.3 Å². The van der Waals surface area contributed by atoms with Gasteiger partial charge in [-0.05, 0) is 43.9 Å². The molecule has 0 radical (unpaired) electrons. The number of anilines is 1. The van der Waals surface area contributed by atoms with Crippen LogP contribution in [0, 0.1) is 6.92 Å². The van der Waals surface area contributed by atoms with Crippen LogP contribution in [0.4, 0.5) is 5.69 Å². The summed E-state index contributed by atoms with van der Waals surface area (Å²) in [6.45, 7) is 3.94. The maximum Gasteiger partial charge on any atom is 0.0485 e. The lowest BCUT2D eigenvalue weighted by atomic mass is 10.1. The van der Waals surface area contributed by atoms with Crippen molar-refractivity contribution in [2.75, 3.05) is 18.5 Å². The van der Waals surface area contributed by atoms with Gasteiger partial charge in [0.15, 0.2) is 0 Å². The standard InChI is InChI=1S/C13H19NO/c1-11-4-2-5-13(10-11)14-12-6-3-8-15-9-7-12/h2,4-5,10,12,14H,3,6-9H2,1H3. The molecule has 2 heteroatoms. The molecule has 1 saturated heterocycles. The van der Waals surface area contributed by atoms with E-state index in [9.17, 15) is 0 Å². The van der Waals surface area contributed by atoms with Crippen LogP contribution in [0.3, 0.4) is 0 Å². The maximum absolute atomic E-state index is 5.45. The first-order chi connectivity index (χ1) is 7.34. The Morgan fingerprint density at radius 2 is 2.20 bits per heavy atom. The molecule has 0 aromatic heterocycles. The molecule has 0 saturated carbocycles. The number of rotatable bonds is 2. The molecule has 0 amide bonds. The van der Waals surface area contributed by atoms with E-state index in [2.05, 4.69) is 36.5 Å². The van der Waals surface area contributed by atoms with Crippen molar-refractivity contribution in [2.24, 2.45) is 0 Å². The highest BCUT2D eigenvalue weighted by atomic mass is 16.5. The van der Waals surface area contributed by atoms with Crippen molar-refractivity contribution in [1.82, 2.24) is 0 Å². The second-order valence-electron chi connectivity index (χ2n) is 4.25. The molecule has 1 fully saturated rings. The van der Waals surface area contributed by atoms with Crippen LogP contribution in [-0.4, -0.2) is 19.3 Å². The molecule has 2 nitrogen and oxygen atoms in total. The minimum absolute atomic E-state index is 0.578. The second-order valence-corrected chi connectivity index (χ2v) is 4.25. The molecule has 1 aliphatic rings. The quantitative estimate of drug-likeness (QED) is 0.801. The van der Waals surface area contributed by atoms with E-state index < -0.39 is 0 Å². The Labute approximate surface area is 91.6 Å². The van der Waals surface area contributed by atoms with Gasteiger partial charge in [0.2, 0.25) is 0 Å². The molecule has 2 rings (SSSR count). The number of aryl methyl sites for hydroxylation is 1. The molecule has 1 aromatic carbocycles. The highest BCUT2D eigenvalue weighted by Crippen LogP contribution is 2.16. The van der Waals surface area contributed by atoms with Crippen LogP contribution in [0.25, 0.3) is 0 Å². The van der Waals surface area contributed by atoms with Gasteiger partial charge in [-0.1, -0.05) is 12.1 Å². The van der Waals surface area contributed by atoms with Crippen LogP contribution in [-0.2, 0) is 4.74 Å². The lowest BCUT2D eigenvalue weighted by molar-refractivity contribution is 0.144. The Hall–Kier alpha value is -1.02. The minimum atomic E-state index is 0.578. The van der Waals surface area contributed by atoms with Crippen LogP contribution in [0.2, 0.25) is 0 Å². The summed E-state index contributed by atoms with van der Waals surface area (Å²) >= 11 is 0. The van der Waals surface area contributed by atoms with Gasteiger partial charge in [0.1, 0.15) is 0 Å². The molecule has 1 N–H and O–H groups in total. The molecule has 15 heavy (non-hydrogen) atoms. The third-order valence-corrected chi connectivity index (χ3v) is 2.84. The van der Waals surface area contributed by atoms with Gasteiger partial charge in [-0.15, -0.1) is 0 Å². The fraction of sp³-hybridized carbons (Fsp3) is 0.538. The predicted molar refractivity (Wildman–Crippen MR) is 63.3 cm³/mol. The summed E-state index contributed by atoms with van der Waals surface area (Å²) in [5, 5.41) is 3.58. The summed E-state index contributed by atoms with van der Waals surface area (Å²) in [5.41, 5.74) is 2.55. The Kier molecular flexibility index (Phi) is 3.62. The third-order valence-electron chi connectivity index (χ3n) is 2.84. The third kappa shape index (κ3) is 3.24. The van der Waals surface area contributed by atoms with E-state index >= 15 is 0 Å². The molecular weight excluding hydrogens is 186 g/mol. The van der Waals surface area contributed by atoms with Crippen LogP contribution < -0.4 is 5.32 Å². The molecule has 1 aliphatic heterocycles. The number of benzene rings is 1. The molecule has 0 spiro atoms. The van der Waals surface area contributed by atoms with Crippen molar-refractivity contribution in [3.05, 3.63) is 29.8 Å². The second kappa shape index (κ2) is 5.17. The van der Waals surface area contributed by atoms with Gasteiger partial charge < -0.3 is 10.1 Å². The molecule has 1 heterocycles. The highest BCUT2D eigenvalue weighted by molar-refractivity contribution is 5.46. The van der Waals surface area contributed by atoms with Crippen molar-refractivity contribution in [1.29, 1.82) is 0 Å². The van der Waals surface area contributed by atoms with Gasteiger partial charge in [-0.2, -0.15) is 0 Å². The SMILES string of the molecule is Cc1cccc(NC2CCCOCC2)c1. The zero-order valence-electron chi connectivity index (χ0n) is 9.33. The minimum Gasteiger partial charge on any atom is -0.382 e. The van der Waals surface area contributed by atoms with E-state index in [-0.39, 0.29) is 0 Å². The van der Waals surface area contributed by atoms with Crippen LogP contribution in [0.5, 0.6) is 0 Å². The van der Waals surface area contributed by atoms with E-state index in [1.165, 1.54) is 24.1 Å². The summed E-state index contributed by atoms with van der Waals surface area (Å²) in [5.74, 6) is 0. The van der Waals surface area contributed by atoms with E-state index in [1.54, 1.807) is 0 Å². The van der Waals surface area contributed by atoms with Crippen molar-refractivity contribution in [2.45, 2.75) is 32.2 Å². The normalized spacial score (nSPS) is 22.1. The smallest absolute Gasteiger partial charge is 0.0485 e. The maximum atomic E-state index is 5.45. The van der Waals surface area contributed by atoms with Gasteiger partial charge in [-0.25, -0.2) is 0 Å². The van der Waals surface area contributed by atoms with E-state index in [0.717, 1.165) is 19.6 Å². The summed E-state index contributed by atoms with van der Waals surface area (Å²) in [7, 11) is 0. The van der Waals surface area contributed by atoms with Crippen molar-refractivity contribution < 1.29 is 4.74 Å². The van der Waals surface area contributed by atoms with E-state index in [0.29, 0.717) is 6.04 Å². The molecule has 1 atom stereocenters. The summed E-state index contributed by atoms with van der Waals surface area (Å²) in [6.07, 6.45) is 3.51. The average molecular weight is 205 g/mol. The van der Waals surface area contributed by atoms with Crippen LogP contribution >= 0.6 is 0 Å². The zero-order chi connectivity index (χ0) is 10.5. The number of hydrogen-bond donors (Lipinski definition) is 1. The lowest BCUT2D eigenvalue weighted by Gasteiger charge is -2.17. The van der Waals surface area contributed by atoms with Gasteiger partial charge in [0, 0.05) is 24.9 Å². The largest absolute Gasteiger partial charge is 0.382 e. The lowest BCUT2D eigenvalue weighted by Crippen LogP contribution is -2.19. The van der Waals surface area contributed by atoms with Gasteiger partial charge >= 0.3 is 0 Å². The molecule has 1 unspecified atom stereocenters. The van der Waals surface area contributed by atoms with Crippen molar-refractivity contribution >= 4 is 5.69 Å². The molecule has 0 bridgehead atoms. The van der Waals surface area contributed by atoms with E-state index in [4.69, 9.17) is 4.74 Å². The Morgan fingerprint density at radius 1 is 1.27 bits per heavy atom. The first-order valence-electron chi connectivity index (χ1n) is 5.75. The first-order valence-corrected chi connectivity index (χ1v) is 5.75. The number of hydrogen-bond acceptors (Lipinski definition) is 2. The number of ether oxygens (including phenoxy) is 1. The van der Waals surface area contributed by atoms with Crippen LogP contribution in [0.1, 0.15) is 24.8 Å². The Morgan fingerprint density at radius 3 is 3.07 bits per heavy atom. The fourth-order valence-electron chi connectivity index (χ4n) is 2.02. The fourth-order valence-corrected chi connectivity index (χ4v) is 2.02. The van der Waals surface area contributed by atoms with Gasteiger partial charge in [-0.3, -0.25) is 0 Å². The van der Waals surface area contributed by atoms with Gasteiger partial charge in [0.05, 0.1) is 0 Å². The molecular formula is C13H19NO. The molecule has 82 valence electrons. The first kappa shape index (κ1) is 10.5. The monoisotopic (exact) mass is 205 g/mol. The van der Waals surface area contributed by atoms with E-state index in [1.807, 2.05) is 0 Å². The summed E-state index contributed by atoms with van der Waals surface area (Å²) < 4.78 is 5.45. The van der Waals surface area contributed by atoms with Gasteiger partial charge in [0.25, 0.3) is 0 Å². The Balaban J connectivity index is 1.95. The topological polar surface area (TPSA) is 21.3 Å². The summed E-state index contributed by atoms with van der Waals surface area (Å²) in [6, 6.07) is 9.14. The average Bonchev–Trinajstić information content (AvgIpc) is 2.46. The molecule has 1 aromatic rings. The predicted octanol–water partition coefficient (Wildman–Crippen LogP) is 2.98.